The number of rotatable bonds is 4. The maximum absolute atomic E-state index is 10.9. The largest absolute Gasteiger partial charge is 0.378 e. The Labute approximate surface area is 117 Å². The first-order valence-electron chi connectivity index (χ1n) is 6.36. The Kier molecular flexibility index (Phi) is 3.59. The standard InChI is InChI=1S/C14H18N4O2/c1-9-6-13(17-14(2,3)8-15)11-7-10(18(19)20)4-5-12(11)16-9/h4-7H,8,15H2,1-3H3,(H,16,17). The summed E-state index contributed by atoms with van der Waals surface area (Å²) in [7, 11) is 0. The number of non-ortho nitro benzene ring substituents is 1. The molecule has 20 heavy (non-hydrogen) atoms. The van der Waals surface area contributed by atoms with Crippen molar-refractivity contribution < 1.29 is 4.92 Å². The Bertz CT molecular complexity index is 668. The Morgan fingerprint density at radius 2 is 2.10 bits per heavy atom. The van der Waals surface area contributed by atoms with Gasteiger partial charge in [0.2, 0.25) is 0 Å². The van der Waals surface area contributed by atoms with Crippen molar-refractivity contribution in [1.82, 2.24) is 4.98 Å². The lowest BCUT2D eigenvalue weighted by atomic mass is 10.0. The van der Waals surface area contributed by atoms with Crippen molar-refractivity contribution in [2.75, 3.05) is 11.9 Å². The molecule has 0 fully saturated rings. The average molecular weight is 274 g/mol. The van der Waals surface area contributed by atoms with E-state index in [1.54, 1.807) is 6.07 Å². The van der Waals surface area contributed by atoms with Crippen molar-refractivity contribution in [2.45, 2.75) is 26.3 Å². The van der Waals surface area contributed by atoms with E-state index in [0.717, 1.165) is 22.3 Å². The molecule has 0 aliphatic heterocycles. The van der Waals surface area contributed by atoms with Gasteiger partial charge in [-0.05, 0) is 32.9 Å². The SMILES string of the molecule is Cc1cc(NC(C)(C)CN)c2cc([N+](=O)[O-])ccc2n1. The van der Waals surface area contributed by atoms with Crippen LogP contribution in [0.3, 0.4) is 0 Å². The van der Waals surface area contributed by atoms with Crippen molar-refractivity contribution in [3.05, 3.63) is 40.1 Å². The van der Waals surface area contributed by atoms with Crippen LogP contribution in [-0.4, -0.2) is 22.0 Å². The van der Waals surface area contributed by atoms with E-state index in [0.29, 0.717) is 6.54 Å². The summed E-state index contributed by atoms with van der Waals surface area (Å²) in [6.07, 6.45) is 0. The second-order valence-electron chi connectivity index (χ2n) is 5.48. The molecule has 0 aliphatic rings. The predicted molar refractivity (Wildman–Crippen MR) is 79.9 cm³/mol. The molecule has 0 aliphatic carbocycles. The monoisotopic (exact) mass is 274 g/mol. The topological polar surface area (TPSA) is 94.1 Å². The molecule has 0 saturated heterocycles. The zero-order valence-electron chi connectivity index (χ0n) is 11.8. The number of benzene rings is 1. The number of hydrogen-bond donors (Lipinski definition) is 2. The van der Waals surface area contributed by atoms with Gasteiger partial charge in [0, 0.05) is 41.0 Å². The number of hydrogen-bond acceptors (Lipinski definition) is 5. The number of nitro benzene ring substituents is 1. The molecule has 3 N–H and O–H groups in total. The summed E-state index contributed by atoms with van der Waals surface area (Å²) in [4.78, 5) is 14.9. The fraction of sp³-hybridized carbons (Fsp3) is 0.357. The van der Waals surface area contributed by atoms with Gasteiger partial charge in [0.1, 0.15) is 0 Å². The van der Waals surface area contributed by atoms with Crippen LogP contribution in [0.2, 0.25) is 0 Å². The van der Waals surface area contributed by atoms with Crippen molar-refractivity contribution in [2.24, 2.45) is 5.73 Å². The molecule has 2 rings (SSSR count). The third kappa shape index (κ3) is 2.85. The molecule has 6 nitrogen and oxygen atoms in total. The van der Waals surface area contributed by atoms with Gasteiger partial charge in [0.05, 0.1) is 10.4 Å². The lowest BCUT2D eigenvalue weighted by molar-refractivity contribution is -0.384. The number of aryl methyl sites for hydroxylation is 1. The van der Waals surface area contributed by atoms with E-state index in [1.165, 1.54) is 12.1 Å². The third-order valence-corrected chi connectivity index (χ3v) is 3.11. The van der Waals surface area contributed by atoms with Crippen molar-refractivity contribution in [1.29, 1.82) is 0 Å². The van der Waals surface area contributed by atoms with Gasteiger partial charge in [-0.3, -0.25) is 15.1 Å². The lowest BCUT2D eigenvalue weighted by Crippen LogP contribution is -2.39. The minimum atomic E-state index is -0.406. The summed E-state index contributed by atoms with van der Waals surface area (Å²) in [6, 6.07) is 6.55. The molecule has 0 bridgehead atoms. The second kappa shape index (κ2) is 5.05. The molecule has 0 saturated carbocycles. The van der Waals surface area contributed by atoms with Gasteiger partial charge in [-0.15, -0.1) is 0 Å². The number of nitro groups is 1. The second-order valence-corrected chi connectivity index (χ2v) is 5.48. The van der Waals surface area contributed by atoms with Gasteiger partial charge in [-0.1, -0.05) is 0 Å². The van der Waals surface area contributed by atoms with E-state index in [4.69, 9.17) is 5.73 Å². The molecule has 6 heteroatoms. The van der Waals surface area contributed by atoms with Crippen LogP contribution < -0.4 is 11.1 Å². The van der Waals surface area contributed by atoms with Gasteiger partial charge < -0.3 is 11.1 Å². The molecule has 1 heterocycles. The molecule has 1 aromatic carbocycles. The molecule has 1 aromatic heterocycles. The van der Waals surface area contributed by atoms with Crippen LogP contribution in [0.1, 0.15) is 19.5 Å². The van der Waals surface area contributed by atoms with Gasteiger partial charge in [0.15, 0.2) is 0 Å². The van der Waals surface area contributed by atoms with E-state index >= 15 is 0 Å². The fourth-order valence-electron chi connectivity index (χ4n) is 1.98. The Balaban J connectivity index is 2.61. The van der Waals surface area contributed by atoms with Crippen molar-refractivity contribution in [3.8, 4) is 0 Å². The minimum absolute atomic E-state index is 0.0526. The molecule has 0 spiro atoms. The van der Waals surface area contributed by atoms with Crippen LogP contribution in [-0.2, 0) is 0 Å². The van der Waals surface area contributed by atoms with E-state index in [-0.39, 0.29) is 11.2 Å². The highest BCUT2D eigenvalue weighted by Crippen LogP contribution is 2.28. The number of pyridine rings is 1. The molecule has 106 valence electrons. The number of nitrogens with one attached hydrogen (secondary N) is 1. The molecule has 0 amide bonds. The number of nitrogens with two attached hydrogens (primary N) is 1. The Hall–Kier alpha value is -2.21. The Morgan fingerprint density at radius 3 is 2.70 bits per heavy atom. The smallest absolute Gasteiger partial charge is 0.270 e. The van der Waals surface area contributed by atoms with Gasteiger partial charge in [-0.25, -0.2) is 0 Å². The van der Waals surface area contributed by atoms with Crippen LogP contribution in [0, 0.1) is 17.0 Å². The van der Waals surface area contributed by atoms with Crippen LogP contribution >= 0.6 is 0 Å². The van der Waals surface area contributed by atoms with Crippen LogP contribution in [0.25, 0.3) is 10.9 Å². The highest BCUT2D eigenvalue weighted by molar-refractivity contribution is 5.93. The van der Waals surface area contributed by atoms with Crippen molar-refractivity contribution in [3.63, 3.8) is 0 Å². The van der Waals surface area contributed by atoms with Crippen LogP contribution in [0.15, 0.2) is 24.3 Å². The zero-order valence-corrected chi connectivity index (χ0v) is 11.8. The first-order valence-corrected chi connectivity index (χ1v) is 6.36. The highest BCUT2D eigenvalue weighted by atomic mass is 16.6. The minimum Gasteiger partial charge on any atom is -0.378 e. The summed E-state index contributed by atoms with van der Waals surface area (Å²) < 4.78 is 0. The molecule has 0 atom stereocenters. The summed E-state index contributed by atoms with van der Waals surface area (Å²) in [5.41, 5.74) is 7.87. The first kappa shape index (κ1) is 14.2. The van der Waals surface area contributed by atoms with Crippen molar-refractivity contribution >= 4 is 22.3 Å². The summed E-state index contributed by atoms with van der Waals surface area (Å²) in [5, 5.41) is 15.0. The zero-order chi connectivity index (χ0) is 14.9. The third-order valence-electron chi connectivity index (χ3n) is 3.11. The molecule has 0 unspecified atom stereocenters. The van der Waals surface area contributed by atoms with Gasteiger partial charge >= 0.3 is 0 Å². The molecule has 2 aromatic rings. The summed E-state index contributed by atoms with van der Waals surface area (Å²) in [6.45, 7) is 6.30. The summed E-state index contributed by atoms with van der Waals surface area (Å²) in [5.74, 6) is 0. The van der Waals surface area contributed by atoms with E-state index < -0.39 is 4.92 Å². The predicted octanol–water partition coefficient (Wildman–Crippen LogP) is 2.60. The van der Waals surface area contributed by atoms with E-state index in [1.807, 2.05) is 26.8 Å². The lowest BCUT2D eigenvalue weighted by Gasteiger charge is -2.26. The number of aromatic nitrogens is 1. The Morgan fingerprint density at radius 1 is 1.40 bits per heavy atom. The number of nitrogens with zero attached hydrogens (tertiary/aromatic N) is 2. The molecular weight excluding hydrogens is 256 g/mol. The van der Waals surface area contributed by atoms with E-state index in [2.05, 4.69) is 10.3 Å². The van der Waals surface area contributed by atoms with E-state index in [9.17, 15) is 10.1 Å². The molecule has 0 radical (unpaired) electrons. The number of fused-ring (bicyclic) bond motifs is 1. The maximum Gasteiger partial charge on any atom is 0.270 e. The quantitative estimate of drug-likeness (QED) is 0.660. The van der Waals surface area contributed by atoms with Gasteiger partial charge in [0.25, 0.3) is 5.69 Å². The van der Waals surface area contributed by atoms with Crippen LogP contribution in [0.5, 0.6) is 0 Å². The molecular formula is C14H18N4O2. The normalized spacial score (nSPS) is 11.6. The van der Waals surface area contributed by atoms with Gasteiger partial charge in [-0.2, -0.15) is 0 Å². The number of anilines is 1. The summed E-state index contributed by atoms with van der Waals surface area (Å²) >= 11 is 0. The highest BCUT2D eigenvalue weighted by Gasteiger charge is 2.18. The maximum atomic E-state index is 10.9. The average Bonchev–Trinajstić information content (AvgIpc) is 2.37. The van der Waals surface area contributed by atoms with Crippen LogP contribution in [0.4, 0.5) is 11.4 Å². The fourth-order valence-corrected chi connectivity index (χ4v) is 1.98. The first-order chi connectivity index (χ1) is 9.32.